The van der Waals surface area contributed by atoms with E-state index in [1.165, 1.54) is 0 Å². The molecule has 0 spiro atoms. The van der Waals surface area contributed by atoms with E-state index >= 15 is 0 Å². The molecular weight excluding hydrogens is 389 g/mol. The summed E-state index contributed by atoms with van der Waals surface area (Å²) >= 11 is 13.8. The average molecular weight is 404 g/mol. The topological polar surface area (TPSA) is 46.9 Å². The van der Waals surface area contributed by atoms with E-state index in [2.05, 4.69) is 10.4 Å². The van der Waals surface area contributed by atoms with Crippen molar-refractivity contribution in [2.45, 2.75) is 17.9 Å². The van der Waals surface area contributed by atoms with E-state index in [4.69, 9.17) is 23.2 Å². The Balaban J connectivity index is 1.63. The first-order valence-electron chi connectivity index (χ1n) is 8.09. The summed E-state index contributed by atoms with van der Waals surface area (Å²) in [4.78, 5) is 12.6. The third-order valence-electron chi connectivity index (χ3n) is 4.14. The molecule has 0 saturated heterocycles. The van der Waals surface area contributed by atoms with Gasteiger partial charge in [0.15, 0.2) is 0 Å². The fourth-order valence-electron chi connectivity index (χ4n) is 2.90. The molecule has 0 unspecified atom stereocenters. The van der Waals surface area contributed by atoms with Gasteiger partial charge >= 0.3 is 0 Å². The molecule has 132 valence electrons. The van der Waals surface area contributed by atoms with Gasteiger partial charge in [-0.15, -0.1) is 0 Å². The molecule has 0 bridgehead atoms. The molecular formula is C19H15Cl2N3OS. The summed E-state index contributed by atoms with van der Waals surface area (Å²) in [6.07, 6.45) is 0.278. The van der Waals surface area contributed by atoms with Gasteiger partial charge in [-0.25, -0.2) is 4.68 Å². The SMILES string of the molecule is O=C(Cc1ccc(Cl)cc1)Nc1c2c(nn1-c1cccc(Cl)c1)CSC2. The number of anilines is 1. The number of hydrogen-bond acceptors (Lipinski definition) is 3. The second-order valence-electron chi connectivity index (χ2n) is 6.01. The summed E-state index contributed by atoms with van der Waals surface area (Å²) < 4.78 is 1.77. The molecule has 0 atom stereocenters. The number of carbonyl (C=O) groups excluding carboxylic acids is 1. The number of nitrogens with one attached hydrogen (secondary N) is 1. The van der Waals surface area contributed by atoms with Gasteiger partial charge in [-0.2, -0.15) is 16.9 Å². The molecule has 0 saturated carbocycles. The first kappa shape index (κ1) is 17.5. The summed E-state index contributed by atoms with van der Waals surface area (Å²) in [5.41, 5.74) is 3.83. The largest absolute Gasteiger partial charge is 0.310 e. The maximum absolute atomic E-state index is 12.6. The van der Waals surface area contributed by atoms with Gasteiger partial charge in [-0.05, 0) is 35.9 Å². The second-order valence-corrected chi connectivity index (χ2v) is 7.87. The molecule has 3 aromatic rings. The zero-order valence-electron chi connectivity index (χ0n) is 13.7. The molecule has 0 aliphatic carbocycles. The lowest BCUT2D eigenvalue weighted by Crippen LogP contribution is -2.18. The van der Waals surface area contributed by atoms with Gasteiger partial charge in [0.2, 0.25) is 5.91 Å². The van der Waals surface area contributed by atoms with Crippen molar-refractivity contribution >= 4 is 46.7 Å². The summed E-state index contributed by atoms with van der Waals surface area (Å²) in [5, 5.41) is 9.01. The highest BCUT2D eigenvalue weighted by Gasteiger charge is 2.24. The van der Waals surface area contributed by atoms with Gasteiger partial charge in [0.05, 0.1) is 17.8 Å². The maximum atomic E-state index is 12.6. The number of fused-ring (bicyclic) bond motifs is 1. The number of carbonyl (C=O) groups is 1. The van der Waals surface area contributed by atoms with E-state index in [0.717, 1.165) is 39.8 Å². The van der Waals surface area contributed by atoms with Gasteiger partial charge < -0.3 is 5.32 Å². The number of aromatic nitrogens is 2. The highest BCUT2D eigenvalue weighted by atomic mass is 35.5. The van der Waals surface area contributed by atoms with Gasteiger partial charge in [0.25, 0.3) is 0 Å². The molecule has 4 nitrogen and oxygen atoms in total. The van der Waals surface area contributed by atoms with Gasteiger partial charge in [0.1, 0.15) is 5.82 Å². The molecule has 1 aliphatic heterocycles. The Morgan fingerprint density at radius 1 is 1.12 bits per heavy atom. The van der Waals surface area contributed by atoms with Crippen molar-refractivity contribution in [2.75, 3.05) is 5.32 Å². The second kappa shape index (κ2) is 7.35. The summed E-state index contributed by atoms with van der Waals surface area (Å²) in [6.45, 7) is 0. The minimum absolute atomic E-state index is 0.0878. The van der Waals surface area contributed by atoms with Crippen molar-refractivity contribution in [3.63, 3.8) is 0 Å². The Hall–Kier alpha value is -1.95. The standard InChI is InChI=1S/C19H15Cl2N3OS/c20-13-6-4-12(5-7-13)8-18(25)22-19-16-10-26-11-17(16)23-24(19)15-3-1-2-14(21)9-15/h1-7,9H,8,10-11H2,(H,22,25). The number of halogens is 2. The molecule has 2 heterocycles. The van der Waals surface area contributed by atoms with Gasteiger partial charge in [-0.3, -0.25) is 4.79 Å². The third-order valence-corrected chi connectivity index (χ3v) is 5.60. The quantitative estimate of drug-likeness (QED) is 0.658. The van der Waals surface area contributed by atoms with Crippen molar-refractivity contribution < 1.29 is 4.79 Å². The molecule has 1 aromatic heterocycles. The Bertz CT molecular complexity index is 969. The number of benzene rings is 2. The van der Waals surface area contributed by atoms with Crippen LogP contribution in [0.4, 0.5) is 5.82 Å². The van der Waals surface area contributed by atoms with Gasteiger partial charge in [0, 0.05) is 27.1 Å². The lowest BCUT2D eigenvalue weighted by Gasteiger charge is -2.11. The van der Waals surface area contributed by atoms with Crippen LogP contribution in [0.3, 0.4) is 0 Å². The maximum Gasteiger partial charge on any atom is 0.229 e. The van der Waals surface area contributed by atoms with E-state index in [0.29, 0.717) is 10.0 Å². The minimum Gasteiger partial charge on any atom is -0.310 e. The Morgan fingerprint density at radius 3 is 2.69 bits per heavy atom. The van der Waals surface area contributed by atoms with Crippen molar-refractivity contribution in [2.24, 2.45) is 0 Å². The minimum atomic E-state index is -0.0878. The van der Waals surface area contributed by atoms with Crippen LogP contribution in [0.2, 0.25) is 10.0 Å². The highest BCUT2D eigenvalue weighted by molar-refractivity contribution is 7.98. The third kappa shape index (κ3) is 3.61. The Labute approximate surface area is 165 Å². The predicted molar refractivity (Wildman–Crippen MR) is 107 cm³/mol. The molecule has 4 rings (SSSR count). The number of thioether (sulfide) groups is 1. The fraction of sp³-hybridized carbons (Fsp3) is 0.158. The lowest BCUT2D eigenvalue weighted by molar-refractivity contribution is -0.115. The summed E-state index contributed by atoms with van der Waals surface area (Å²) in [5.74, 6) is 2.33. The van der Waals surface area contributed by atoms with Crippen molar-refractivity contribution in [1.82, 2.24) is 9.78 Å². The fourth-order valence-corrected chi connectivity index (χ4v) is 4.25. The smallest absolute Gasteiger partial charge is 0.229 e. The molecule has 1 N–H and O–H groups in total. The first-order valence-corrected chi connectivity index (χ1v) is 10.00. The van der Waals surface area contributed by atoms with Gasteiger partial charge in [-0.1, -0.05) is 41.4 Å². The van der Waals surface area contributed by atoms with Crippen molar-refractivity contribution in [1.29, 1.82) is 0 Å². The summed E-state index contributed by atoms with van der Waals surface area (Å²) in [6, 6.07) is 14.7. The monoisotopic (exact) mass is 403 g/mol. The first-order chi connectivity index (χ1) is 12.6. The Morgan fingerprint density at radius 2 is 1.92 bits per heavy atom. The summed E-state index contributed by atoms with van der Waals surface area (Å²) in [7, 11) is 0. The normalized spacial score (nSPS) is 12.8. The number of hydrogen-bond donors (Lipinski definition) is 1. The van der Waals surface area contributed by atoms with Crippen LogP contribution in [0.1, 0.15) is 16.8 Å². The van der Waals surface area contributed by atoms with Crippen LogP contribution < -0.4 is 5.32 Å². The molecule has 1 amide bonds. The van der Waals surface area contributed by atoms with E-state index in [1.807, 2.05) is 36.4 Å². The van der Waals surface area contributed by atoms with E-state index in [9.17, 15) is 4.79 Å². The van der Waals surface area contributed by atoms with Crippen LogP contribution in [0.5, 0.6) is 0 Å². The van der Waals surface area contributed by atoms with Crippen LogP contribution >= 0.6 is 35.0 Å². The van der Waals surface area contributed by atoms with E-state index in [-0.39, 0.29) is 12.3 Å². The van der Waals surface area contributed by atoms with Crippen molar-refractivity contribution in [3.05, 3.63) is 75.4 Å². The number of rotatable bonds is 4. The van der Waals surface area contributed by atoms with Crippen LogP contribution in [0, 0.1) is 0 Å². The molecule has 0 radical (unpaired) electrons. The zero-order valence-corrected chi connectivity index (χ0v) is 16.0. The molecule has 0 fully saturated rings. The van der Waals surface area contributed by atoms with E-state index in [1.54, 1.807) is 28.6 Å². The van der Waals surface area contributed by atoms with Crippen LogP contribution in [0.15, 0.2) is 48.5 Å². The van der Waals surface area contributed by atoms with Crippen LogP contribution in [0.25, 0.3) is 5.69 Å². The molecule has 7 heteroatoms. The number of amides is 1. The lowest BCUT2D eigenvalue weighted by atomic mass is 10.1. The predicted octanol–water partition coefficient (Wildman–Crippen LogP) is 5.11. The molecule has 2 aromatic carbocycles. The van der Waals surface area contributed by atoms with Crippen LogP contribution in [-0.2, 0) is 22.7 Å². The molecule has 26 heavy (non-hydrogen) atoms. The molecule has 1 aliphatic rings. The number of nitrogens with zero attached hydrogens (tertiary/aromatic N) is 2. The van der Waals surface area contributed by atoms with Crippen LogP contribution in [-0.4, -0.2) is 15.7 Å². The van der Waals surface area contributed by atoms with Crippen molar-refractivity contribution in [3.8, 4) is 5.69 Å². The highest BCUT2D eigenvalue weighted by Crippen LogP contribution is 2.36. The Kier molecular flexibility index (Phi) is 4.94. The van der Waals surface area contributed by atoms with E-state index < -0.39 is 0 Å². The zero-order chi connectivity index (χ0) is 18.1. The average Bonchev–Trinajstić information content (AvgIpc) is 3.20.